The van der Waals surface area contributed by atoms with E-state index in [1.807, 2.05) is 0 Å². The van der Waals surface area contributed by atoms with E-state index < -0.39 is 16.8 Å². The lowest BCUT2D eigenvalue weighted by Gasteiger charge is -2.11. The minimum absolute atomic E-state index is 0.344. The van der Waals surface area contributed by atoms with Crippen LogP contribution in [0.1, 0.15) is 16.1 Å². The molecule has 0 radical (unpaired) electrons. The summed E-state index contributed by atoms with van der Waals surface area (Å²) in [7, 11) is 0. The molecule has 2 aromatic carbocycles. The normalized spacial score (nSPS) is 11.8. The molecule has 2 heterocycles. The maximum absolute atomic E-state index is 12.9. The minimum atomic E-state index is -4.53. The largest absolute Gasteiger partial charge is 0.417 e. The maximum Gasteiger partial charge on any atom is 0.417 e. The van der Waals surface area contributed by atoms with Crippen LogP contribution in [0.3, 0.4) is 0 Å². The Balaban J connectivity index is 1.65. The predicted octanol–water partition coefficient (Wildman–Crippen LogP) is 7.40. The molecule has 1 N–H and O–H groups in total. The summed E-state index contributed by atoms with van der Waals surface area (Å²) in [5.74, 6) is 0.351. The number of fused-ring (bicyclic) bond motifs is 1. The van der Waals surface area contributed by atoms with Crippen molar-refractivity contribution in [1.29, 1.82) is 0 Å². The number of anilines is 2. The van der Waals surface area contributed by atoms with Crippen LogP contribution in [-0.4, -0.2) is 15.0 Å². The second kappa shape index (κ2) is 8.19. The second-order valence-electron chi connectivity index (χ2n) is 6.18. The zero-order chi connectivity index (χ0) is 21.5. The molecular formula is C19H10Cl3F3N4S. The van der Waals surface area contributed by atoms with Gasteiger partial charge in [0.25, 0.3) is 0 Å². The van der Waals surface area contributed by atoms with E-state index in [1.165, 1.54) is 29.8 Å². The first kappa shape index (κ1) is 21.1. The molecule has 0 aliphatic rings. The topological polar surface area (TPSA) is 50.7 Å². The van der Waals surface area contributed by atoms with E-state index in [2.05, 4.69) is 20.3 Å². The van der Waals surface area contributed by atoms with Gasteiger partial charge in [0, 0.05) is 22.2 Å². The molecular weight excluding hydrogens is 480 g/mol. The fourth-order valence-electron chi connectivity index (χ4n) is 2.78. The van der Waals surface area contributed by atoms with E-state index in [9.17, 15) is 13.2 Å². The molecule has 4 aromatic rings. The van der Waals surface area contributed by atoms with Gasteiger partial charge in [-0.3, -0.25) is 0 Å². The van der Waals surface area contributed by atoms with Gasteiger partial charge in [0.15, 0.2) is 5.82 Å². The van der Waals surface area contributed by atoms with Crippen LogP contribution in [0.5, 0.6) is 0 Å². The first-order valence-electron chi connectivity index (χ1n) is 8.39. The lowest BCUT2D eigenvalue weighted by molar-refractivity contribution is -0.137. The zero-order valence-corrected chi connectivity index (χ0v) is 17.9. The molecule has 0 aliphatic heterocycles. The van der Waals surface area contributed by atoms with Gasteiger partial charge in [-0.05, 0) is 35.9 Å². The average Bonchev–Trinajstić information content (AvgIpc) is 3.08. The van der Waals surface area contributed by atoms with Crippen molar-refractivity contribution in [2.75, 3.05) is 5.32 Å². The molecule has 0 fully saturated rings. The molecule has 2 aromatic heterocycles. The highest BCUT2D eigenvalue weighted by Gasteiger charge is 2.33. The summed E-state index contributed by atoms with van der Waals surface area (Å²) >= 11 is 19.6. The van der Waals surface area contributed by atoms with Gasteiger partial charge < -0.3 is 5.32 Å². The number of hydrogen-bond donors (Lipinski definition) is 1. The molecule has 154 valence electrons. The van der Waals surface area contributed by atoms with Crippen LogP contribution in [0.25, 0.3) is 10.3 Å². The van der Waals surface area contributed by atoms with E-state index in [4.69, 9.17) is 34.8 Å². The van der Waals surface area contributed by atoms with Gasteiger partial charge in [0.2, 0.25) is 0 Å². The van der Waals surface area contributed by atoms with Crippen LogP contribution >= 0.6 is 46.1 Å². The molecule has 30 heavy (non-hydrogen) atoms. The summed E-state index contributed by atoms with van der Waals surface area (Å²) in [5, 5.41) is 4.33. The van der Waals surface area contributed by atoms with Crippen LogP contribution in [0.4, 0.5) is 24.7 Å². The van der Waals surface area contributed by atoms with Crippen LogP contribution in [0.2, 0.25) is 15.1 Å². The molecule has 0 spiro atoms. The van der Waals surface area contributed by atoms with E-state index >= 15 is 0 Å². The van der Waals surface area contributed by atoms with Crippen LogP contribution in [0, 0.1) is 0 Å². The Morgan fingerprint density at radius 3 is 2.37 bits per heavy atom. The van der Waals surface area contributed by atoms with E-state index in [-0.39, 0.29) is 0 Å². The van der Waals surface area contributed by atoms with E-state index in [0.29, 0.717) is 43.3 Å². The molecule has 0 atom stereocenters. The second-order valence-corrected chi connectivity index (χ2v) is 8.46. The number of nitrogens with one attached hydrogen (secondary N) is 1. The predicted molar refractivity (Wildman–Crippen MR) is 114 cm³/mol. The van der Waals surface area contributed by atoms with Crippen LogP contribution in [-0.2, 0) is 12.6 Å². The van der Waals surface area contributed by atoms with Crippen molar-refractivity contribution >= 4 is 68.0 Å². The lowest BCUT2D eigenvalue weighted by Crippen LogP contribution is -2.06. The quantitative estimate of drug-likeness (QED) is 0.324. The van der Waals surface area contributed by atoms with Gasteiger partial charge in [-0.15, -0.1) is 0 Å². The fourth-order valence-corrected chi connectivity index (χ4v) is 4.51. The van der Waals surface area contributed by atoms with Gasteiger partial charge in [0.1, 0.15) is 21.7 Å². The molecule has 0 unspecified atom stereocenters. The van der Waals surface area contributed by atoms with Crippen molar-refractivity contribution in [3.63, 3.8) is 0 Å². The molecule has 0 saturated heterocycles. The van der Waals surface area contributed by atoms with Crippen molar-refractivity contribution < 1.29 is 13.2 Å². The highest BCUT2D eigenvalue weighted by Crippen LogP contribution is 2.37. The summed E-state index contributed by atoms with van der Waals surface area (Å²) in [6, 6.07) is 8.63. The zero-order valence-electron chi connectivity index (χ0n) is 14.8. The molecule has 4 rings (SSSR count). The average molecular weight is 490 g/mol. The number of halogens is 6. The summed E-state index contributed by atoms with van der Waals surface area (Å²) < 4.78 is 38.7. The molecule has 0 aliphatic carbocycles. The Morgan fingerprint density at radius 1 is 0.967 bits per heavy atom. The summed E-state index contributed by atoms with van der Waals surface area (Å²) in [6.45, 7) is 0. The van der Waals surface area contributed by atoms with Crippen LogP contribution in [0.15, 0.2) is 42.7 Å². The van der Waals surface area contributed by atoms with Crippen molar-refractivity contribution in [3.05, 3.63) is 73.9 Å². The van der Waals surface area contributed by atoms with Gasteiger partial charge in [-0.2, -0.15) is 13.2 Å². The SMILES string of the molecule is FC(F)(F)c1ccc(Nc2ncnc3sc(Cc4c(Cl)cccc4Cl)nc23)cc1Cl. The molecule has 11 heteroatoms. The Labute approximate surface area is 187 Å². The first-order chi connectivity index (χ1) is 14.2. The van der Waals surface area contributed by atoms with Gasteiger partial charge in [-0.1, -0.05) is 52.2 Å². The summed E-state index contributed by atoms with van der Waals surface area (Å²) in [5.41, 5.74) is 0.667. The van der Waals surface area contributed by atoms with Gasteiger partial charge in [0.05, 0.1) is 10.6 Å². The highest BCUT2D eigenvalue weighted by molar-refractivity contribution is 7.18. The first-order valence-corrected chi connectivity index (χ1v) is 10.3. The Hall–Kier alpha value is -2.13. The van der Waals surface area contributed by atoms with E-state index in [0.717, 1.165) is 11.6 Å². The number of aromatic nitrogens is 3. The molecule has 0 bridgehead atoms. The molecule has 0 amide bonds. The maximum atomic E-state index is 12.9. The van der Waals surface area contributed by atoms with Gasteiger partial charge in [-0.25, -0.2) is 15.0 Å². The summed E-state index contributed by atoms with van der Waals surface area (Å²) in [6.07, 6.45) is -2.77. The standard InChI is InChI=1S/C19H10Cl3F3N4S/c20-12-2-1-3-13(21)10(12)7-15-29-16-17(26-8-27-18(16)30-15)28-9-4-5-11(14(22)6-9)19(23,24)25/h1-6,8H,7H2,(H,26,27,28). The smallest absolute Gasteiger partial charge is 0.338 e. The number of hydrogen-bond acceptors (Lipinski definition) is 5. The Morgan fingerprint density at radius 2 is 1.70 bits per heavy atom. The number of rotatable bonds is 4. The van der Waals surface area contributed by atoms with Crippen LogP contribution < -0.4 is 5.32 Å². The van der Waals surface area contributed by atoms with Crippen molar-refractivity contribution in [3.8, 4) is 0 Å². The Kier molecular flexibility index (Phi) is 5.76. The monoisotopic (exact) mass is 488 g/mol. The number of benzene rings is 2. The number of alkyl halides is 3. The highest BCUT2D eigenvalue weighted by atomic mass is 35.5. The third-order valence-electron chi connectivity index (χ3n) is 4.17. The Bertz CT molecular complexity index is 1220. The summed E-state index contributed by atoms with van der Waals surface area (Å²) in [4.78, 5) is 13.6. The molecule has 4 nitrogen and oxygen atoms in total. The minimum Gasteiger partial charge on any atom is -0.338 e. The number of thiazole rings is 1. The third kappa shape index (κ3) is 4.32. The molecule has 0 saturated carbocycles. The number of nitrogens with zero attached hydrogens (tertiary/aromatic N) is 3. The van der Waals surface area contributed by atoms with Gasteiger partial charge >= 0.3 is 6.18 Å². The van der Waals surface area contributed by atoms with Crippen molar-refractivity contribution in [2.24, 2.45) is 0 Å². The lowest BCUT2D eigenvalue weighted by atomic mass is 10.1. The fraction of sp³-hybridized carbons (Fsp3) is 0.105. The van der Waals surface area contributed by atoms with Crippen molar-refractivity contribution in [1.82, 2.24) is 15.0 Å². The third-order valence-corrected chi connectivity index (χ3v) is 6.15. The van der Waals surface area contributed by atoms with E-state index in [1.54, 1.807) is 18.2 Å². The van der Waals surface area contributed by atoms with Crippen molar-refractivity contribution in [2.45, 2.75) is 12.6 Å².